The van der Waals surface area contributed by atoms with Crippen LogP contribution in [0.15, 0.2) is 18.5 Å². The van der Waals surface area contributed by atoms with E-state index in [0.29, 0.717) is 0 Å². The van der Waals surface area contributed by atoms with E-state index in [2.05, 4.69) is 15.4 Å². The zero-order chi connectivity index (χ0) is 12.4. The molecule has 0 aliphatic heterocycles. The molecule has 2 aromatic rings. The second-order valence-electron chi connectivity index (χ2n) is 4.84. The van der Waals surface area contributed by atoms with Gasteiger partial charge in [0.25, 0.3) is 0 Å². The zero-order valence-corrected chi connectivity index (χ0v) is 10.6. The maximum atomic E-state index is 5.58. The number of hydrogen-bond donors (Lipinski definition) is 1. The molecule has 1 N–H and O–H groups in total. The highest BCUT2D eigenvalue weighted by Gasteiger charge is 2.20. The van der Waals surface area contributed by atoms with Crippen LogP contribution in [-0.2, 0) is 4.74 Å². The third-order valence-electron chi connectivity index (χ3n) is 3.10. The molecule has 0 amide bonds. The minimum absolute atomic E-state index is 0.729. The van der Waals surface area contributed by atoms with Gasteiger partial charge >= 0.3 is 0 Å². The topological polar surface area (TPSA) is 51.5 Å². The van der Waals surface area contributed by atoms with Gasteiger partial charge in [-0.05, 0) is 31.7 Å². The second-order valence-corrected chi connectivity index (χ2v) is 4.84. The van der Waals surface area contributed by atoms with E-state index < -0.39 is 0 Å². The summed E-state index contributed by atoms with van der Waals surface area (Å²) < 4.78 is 7.43. The van der Waals surface area contributed by atoms with Crippen molar-refractivity contribution in [3.63, 3.8) is 0 Å². The highest BCUT2D eigenvalue weighted by molar-refractivity contribution is 5.67. The minimum Gasteiger partial charge on any atom is -0.379 e. The Morgan fingerprint density at radius 3 is 3.22 bits per heavy atom. The Bertz CT molecular complexity index is 533. The van der Waals surface area contributed by atoms with Crippen LogP contribution in [0, 0.1) is 12.8 Å². The van der Waals surface area contributed by atoms with E-state index in [1.54, 1.807) is 6.20 Å². The summed E-state index contributed by atoms with van der Waals surface area (Å²) in [5, 5.41) is 7.65. The summed E-state index contributed by atoms with van der Waals surface area (Å²) in [5.74, 6) is 1.69. The summed E-state index contributed by atoms with van der Waals surface area (Å²) in [6.07, 6.45) is 6.29. The molecule has 0 bridgehead atoms. The predicted molar refractivity (Wildman–Crippen MR) is 69.8 cm³/mol. The van der Waals surface area contributed by atoms with Crippen LogP contribution in [0.5, 0.6) is 0 Å². The van der Waals surface area contributed by atoms with Crippen LogP contribution in [0.2, 0.25) is 0 Å². The van der Waals surface area contributed by atoms with Gasteiger partial charge in [-0.25, -0.2) is 9.50 Å². The number of fused-ring (bicyclic) bond motifs is 1. The molecule has 2 aromatic heterocycles. The predicted octanol–water partition coefficient (Wildman–Crippen LogP) is 1.88. The lowest BCUT2D eigenvalue weighted by atomic mass is 10.4. The molecule has 1 aliphatic rings. The lowest BCUT2D eigenvalue weighted by Gasteiger charge is -2.07. The largest absolute Gasteiger partial charge is 0.379 e. The molecule has 96 valence electrons. The smallest absolute Gasteiger partial charge is 0.152 e. The van der Waals surface area contributed by atoms with Crippen molar-refractivity contribution in [3.8, 4) is 0 Å². The Hall–Kier alpha value is -1.62. The molecule has 18 heavy (non-hydrogen) atoms. The summed E-state index contributed by atoms with van der Waals surface area (Å²) in [4.78, 5) is 4.34. The van der Waals surface area contributed by atoms with Gasteiger partial charge in [0.15, 0.2) is 5.82 Å². The number of aromatic nitrogens is 3. The molecule has 1 aliphatic carbocycles. The van der Waals surface area contributed by atoms with Crippen molar-refractivity contribution in [1.29, 1.82) is 0 Å². The van der Waals surface area contributed by atoms with E-state index in [0.717, 1.165) is 42.7 Å². The molecule has 1 fully saturated rings. The third kappa shape index (κ3) is 2.61. The fourth-order valence-corrected chi connectivity index (χ4v) is 1.96. The molecule has 1 saturated carbocycles. The maximum Gasteiger partial charge on any atom is 0.152 e. The van der Waals surface area contributed by atoms with Crippen molar-refractivity contribution in [1.82, 2.24) is 14.6 Å². The van der Waals surface area contributed by atoms with Gasteiger partial charge in [-0.1, -0.05) is 0 Å². The standard InChI is InChI=1S/C13H18N4O/c1-10-8-12-13(14-4-6-17(12)16-10)15-5-7-18-9-11-2-3-11/h4,6,8,11H,2-3,5,7,9H2,1H3,(H,14,15). The van der Waals surface area contributed by atoms with Gasteiger partial charge in [0.1, 0.15) is 5.52 Å². The Labute approximate surface area is 106 Å². The second kappa shape index (κ2) is 4.94. The van der Waals surface area contributed by atoms with Crippen molar-refractivity contribution >= 4 is 11.3 Å². The van der Waals surface area contributed by atoms with Crippen LogP contribution in [-0.4, -0.2) is 34.4 Å². The monoisotopic (exact) mass is 246 g/mol. The SMILES string of the molecule is Cc1cc2c(NCCOCC3CC3)nccn2n1. The first kappa shape index (κ1) is 11.5. The number of nitrogens with one attached hydrogen (secondary N) is 1. The summed E-state index contributed by atoms with van der Waals surface area (Å²) >= 11 is 0. The molecule has 0 radical (unpaired) electrons. The number of rotatable bonds is 6. The first-order valence-electron chi connectivity index (χ1n) is 6.45. The van der Waals surface area contributed by atoms with E-state index >= 15 is 0 Å². The van der Waals surface area contributed by atoms with Crippen molar-refractivity contribution in [3.05, 3.63) is 24.2 Å². The fourth-order valence-electron chi connectivity index (χ4n) is 1.96. The van der Waals surface area contributed by atoms with Crippen LogP contribution in [0.1, 0.15) is 18.5 Å². The average Bonchev–Trinajstić information content (AvgIpc) is 3.09. The molecule has 3 rings (SSSR count). The van der Waals surface area contributed by atoms with E-state index in [1.165, 1.54) is 12.8 Å². The van der Waals surface area contributed by atoms with Gasteiger partial charge in [0, 0.05) is 25.5 Å². The van der Waals surface area contributed by atoms with Crippen LogP contribution < -0.4 is 5.32 Å². The zero-order valence-electron chi connectivity index (χ0n) is 10.6. The molecular formula is C13H18N4O. The summed E-state index contributed by atoms with van der Waals surface area (Å²) in [5.41, 5.74) is 2.01. The minimum atomic E-state index is 0.729. The molecular weight excluding hydrogens is 228 g/mol. The Morgan fingerprint density at radius 1 is 1.50 bits per heavy atom. The molecule has 0 atom stereocenters. The summed E-state index contributed by atoms with van der Waals surface area (Å²) in [6.45, 7) is 4.40. The molecule has 0 aromatic carbocycles. The molecule has 5 heteroatoms. The van der Waals surface area contributed by atoms with Gasteiger partial charge in [-0.3, -0.25) is 0 Å². The number of ether oxygens (including phenoxy) is 1. The normalized spacial score (nSPS) is 15.2. The van der Waals surface area contributed by atoms with Crippen LogP contribution >= 0.6 is 0 Å². The average molecular weight is 246 g/mol. The Morgan fingerprint density at radius 2 is 2.39 bits per heavy atom. The van der Waals surface area contributed by atoms with E-state index in [4.69, 9.17) is 4.74 Å². The summed E-state index contributed by atoms with van der Waals surface area (Å²) in [6, 6.07) is 2.03. The number of hydrogen-bond acceptors (Lipinski definition) is 4. The van der Waals surface area contributed by atoms with Crippen molar-refractivity contribution in [2.45, 2.75) is 19.8 Å². The summed E-state index contributed by atoms with van der Waals surface area (Å²) in [7, 11) is 0. The number of nitrogens with zero attached hydrogens (tertiary/aromatic N) is 3. The highest BCUT2D eigenvalue weighted by Crippen LogP contribution is 2.28. The molecule has 0 saturated heterocycles. The van der Waals surface area contributed by atoms with Crippen molar-refractivity contribution < 1.29 is 4.74 Å². The van der Waals surface area contributed by atoms with Crippen molar-refractivity contribution in [2.75, 3.05) is 25.1 Å². The molecule has 0 spiro atoms. The first-order valence-corrected chi connectivity index (χ1v) is 6.45. The third-order valence-corrected chi connectivity index (χ3v) is 3.10. The fraction of sp³-hybridized carbons (Fsp3) is 0.538. The molecule has 0 unspecified atom stereocenters. The maximum absolute atomic E-state index is 5.58. The van der Waals surface area contributed by atoms with E-state index in [-0.39, 0.29) is 0 Å². The highest BCUT2D eigenvalue weighted by atomic mass is 16.5. The van der Waals surface area contributed by atoms with Gasteiger partial charge in [-0.2, -0.15) is 5.10 Å². The van der Waals surface area contributed by atoms with E-state index in [9.17, 15) is 0 Å². The van der Waals surface area contributed by atoms with Gasteiger partial charge in [0.05, 0.1) is 12.3 Å². The lowest BCUT2D eigenvalue weighted by molar-refractivity contribution is 0.134. The van der Waals surface area contributed by atoms with E-state index in [1.807, 2.05) is 23.7 Å². The quantitative estimate of drug-likeness (QED) is 0.791. The Balaban J connectivity index is 1.56. The van der Waals surface area contributed by atoms with Gasteiger partial charge in [-0.15, -0.1) is 0 Å². The van der Waals surface area contributed by atoms with Crippen LogP contribution in [0.4, 0.5) is 5.82 Å². The Kier molecular flexibility index (Phi) is 3.15. The molecule has 5 nitrogen and oxygen atoms in total. The van der Waals surface area contributed by atoms with Crippen molar-refractivity contribution in [2.24, 2.45) is 5.92 Å². The van der Waals surface area contributed by atoms with Crippen LogP contribution in [0.25, 0.3) is 5.52 Å². The number of aryl methyl sites for hydroxylation is 1. The molecule has 2 heterocycles. The number of anilines is 1. The van der Waals surface area contributed by atoms with Gasteiger partial charge in [0.2, 0.25) is 0 Å². The first-order chi connectivity index (χ1) is 8.83. The van der Waals surface area contributed by atoms with Gasteiger partial charge < -0.3 is 10.1 Å². The lowest BCUT2D eigenvalue weighted by Crippen LogP contribution is -2.12. The van der Waals surface area contributed by atoms with Crippen LogP contribution in [0.3, 0.4) is 0 Å².